The zero-order valence-electron chi connectivity index (χ0n) is 22.4. The normalized spacial score (nSPS) is 13.4. The van der Waals surface area contributed by atoms with Crippen LogP contribution in [0.1, 0.15) is 25.0 Å². The maximum absolute atomic E-state index is 12.7. The summed E-state index contributed by atoms with van der Waals surface area (Å²) in [5, 5.41) is 7.29. The third-order valence-electron chi connectivity index (χ3n) is 6.88. The summed E-state index contributed by atoms with van der Waals surface area (Å²) in [6.45, 7) is 1.03. The molecule has 0 saturated heterocycles. The van der Waals surface area contributed by atoms with Crippen LogP contribution in [0.15, 0.2) is 73.2 Å². The molecule has 5 rings (SSSR count). The molecule has 0 radical (unpaired) electrons. The summed E-state index contributed by atoms with van der Waals surface area (Å²) >= 11 is 6.51. The second-order valence-electron chi connectivity index (χ2n) is 9.56. The number of benzene rings is 2. The van der Waals surface area contributed by atoms with Gasteiger partial charge < -0.3 is 20.1 Å². The van der Waals surface area contributed by atoms with Crippen LogP contribution in [0.3, 0.4) is 0 Å². The Bertz CT molecular complexity index is 1510. The number of hydrogen-bond acceptors (Lipinski definition) is 8. The Labute approximate surface area is 238 Å². The number of ether oxygens (including phenoxy) is 2. The average Bonchev–Trinajstić information content (AvgIpc) is 2.92. The Hall–Kier alpha value is -4.21. The number of fused-ring (bicyclic) bond motifs is 1. The van der Waals surface area contributed by atoms with Crippen molar-refractivity contribution in [3.8, 4) is 11.5 Å². The minimum atomic E-state index is -0.237. The fraction of sp³-hybridized carbons (Fsp3) is 0.267. The van der Waals surface area contributed by atoms with Gasteiger partial charge in [0.25, 0.3) is 0 Å². The highest BCUT2D eigenvalue weighted by atomic mass is 35.5. The van der Waals surface area contributed by atoms with Gasteiger partial charge in [0.15, 0.2) is 5.75 Å². The van der Waals surface area contributed by atoms with Crippen molar-refractivity contribution in [3.05, 3.63) is 83.9 Å². The minimum absolute atomic E-state index is 0.237. The van der Waals surface area contributed by atoms with Crippen LogP contribution in [0.5, 0.6) is 11.5 Å². The van der Waals surface area contributed by atoms with Crippen molar-refractivity contribution in [1.29, 1.82) is 0 Å². The Morgan fingerprint density at radius 2 is 2.02 bits per heavy atom. The first kappa shape index (κ1) is 27.4. The first-order valence-electron chi connectivity index (χ1n) is 13.1. The molecular weight excluding hydrogens is 528 g/mol. The molecule has 10 heteroatoms. The lowest BCUT2D eigenvalue weighted by atomic mass is 9.92. The first-order valence-corrected chi connectivity index (χ1v) is 13.5. The average molecular weight is 559 g/mol. The standard InChI is InChI=1S/C30H31ClN6O3/c1-37(22-8-5-9-22)16-6-10-27(38)36-25-13-12-24-28(29(25)39-2)30(34-19-33-24)35-20-11-14-26(23(31)17-20)40-18-21-7-3-4-15-32-21/h3-4,6-7,10-15,17,19,22H,5,8-9,16,18H2,1-2H3,(H,36,38)(H,33,34,35)/b10-6+. The molecule has 40 heavy (non-hydrogen) atoms. The van der Waals surface area contributed by atoms with Crippen molar-refractivity contribution in [1.82, 2.24) is 19.9 Å². The number of methoxy groups -OCH3 is 1. The highest BCUT2D eigenvalue weighted by molar-refractivity contribution is 6.32. The number of nitrogens with zero attached hydrogens (tertiary/aromatic N) is 4. The van der Waals surface area contributed by atoms with E-state index in [2.05, 4.69) is 37.5 Å². The largest absolute Gasteiger partial charge is 0.494 e. The van der Waals surface area contributed by atoms with E-state index >= 15 is 0 Å². The molecule has 9 nitrogen and oxygen atoms in total. The first-order chi connectivity index (χ1) is 19.5. The Morgan fingerprint density at radius 3 is 2.75 bits per heavy atom. The van der Waals surface area contributed by atoms with E-state index in [9.17, 15) is 4.79 Å². The van der Waals surface area contributed by atoms with Crippen molar-refractivity contribution >= 4 is 45.6 Å². The number of rotatable bonds is 11. The molecule has 4 aromatic rings. The van der Waals surface area contributed by atoms with Gasteiger partial charge in [-0.15, -0.1) is 0 Å². The molecule has 1 fully saturated rings. The molecule has 0 aliphatic heterocycles. The summed E-state index contributed by atoms with van der Waals surface area (Å²) in [5.41, 5.74) is 2.68. The van der Waals surface area contributed by atoms with E-state index in [-0.39, 0.29) is 5.91 Å². The summed E-state index contributed by atoms with van der Waals surface area (Å²) < 4.78 is 11.6. The van der Waals surface area contributed by atoms with Crippen LogP contribution in [0.25, 0.3) is 10.9 Å². The molecule has 1 saturated carbocycles. The Kier molecular flexibility index (Phi) is 8.73. The van der Waals surface area contributed by atoms with E-state index in [4.69, 9.17) is 21.1 Å². The maximum Gasteiger partial charge on any atom is 0.248 e. The van der Waals surface area contributed by atoms with E-state index < -0.39 is 0 Å². The maximum atomic E-state index is 12.7. The zero-order valence-corrected chi connectivity index (χ0v) is 23.2. The molecule has 0 atom stereocenters. The van der Waals surface area contributed by atoms with Gasteiger partial charge in [-0.1, -0.05) is 30.2 Å². The van der Waals surface area contributed by atoms with Crippen molar-refractivity contribution in [2.45, 2.75) is 31.9 Å². The molecule has 1 aliphatic carbocycles. The Balaban J connectivity index is 1.31. The molecule has 2 aromatic heterocycles. The fourth-order valence-corrected chi connectivity index (χ4v) is 4.71. The highest BCUT2D eigenvalue weighted by Crippen LogP contribution is 2.38. The third-order valence-corrected chi connectivity index (χ3v) is 7.17. The summed E-state index contributed by atoms with van der Waals surface area (Å²) in [7, 11) is 3.64. The lowest BCUT2D eigenvalue weighted by molar-refractivity contribution is -0.111. The molecule has 1 aliphatic rings. The van der Waals surface area contributed by atoms with E-state index in [0.29, 0.717) is 57.3 Å². The van der Waals surface area contributed by atoms with Crippen LogP contribution in [0.2, 0.25) is 5.02 Å². The van der Waals surface area contributed by atoms with Crippen molar-refractivity contribution in [3.63, 3.8) is 0 Å². The number of halogens is 1. The van der Waals surface area contributed by atoms with Gasteiger partial charge in [0.1, 0.15) is 24.5 Å². The number of anilines is 3. The molecule has 0 bridgehead atoms. The highest BCUT2D eigenvalue weighted by Gasteiger charge is 2.21. The molecule has 206 valence electrons. The number of likely N-dealkylation sites (N-methyl/N-ethyl adjacent to an activating group) is 1. The summed E-state index contributed by atoms with van der Waals surface area (Å²) in [5.74, 6) is 1.27. The number of carbonyl (C=O) groups is 1. The van der Waals surface area contributed by atoms with Gasteiger partial charge in [0.2, 0.25) is 5.91 Å². The van der Waals surface area contributed by atoms with E-state index in [1.807, 2.05) is 36.4 Å². The number of aromatic nitrogens is 3. The van der Waals surface area contributed by atoms with Crippen LogP contribution >= 0.6 is 11.6 Å². The van der Waals surface area contributed by atoms with Crippen LogP contribution in [-0.4, -0.2) is 52.5 Å². The summed E-state index contributed by atoms with van der Waals surface area (Å²) in [6, 6.07) is 15.2. The lowest BCUT2D eigenvalue weighted by Crippen LogP contribution is -2.37. The predicted octanol–water partition coefficient (Wildman–Crippen LogP) is 5.99. The predicted molar refractivity (Wildman–Crippen MR) is 157 cm³/mol. The van der Waals surface area contributed by atoms with Gasteiger partial charge >= 0.3 is 0 Å². The van der Waals surface area contributed by atoms with Gasteiger partial charge in [-0.3, -0.25) is 14.7 Å². The second-order valence-corrected chi connectivity index (χ2v) is 9.97. The number of amides is 1. The second kappa shape index (κ2) is 12.8. The molecular formula is C30H31ClN6O3. The summed E-state index contributed by atoms with van der Waals surface area (Å²) in [6.07, 6.45) is 10.3. The topological polar surface area (TPSA) is 102 Å². The van der Waals surface area contributed by atoms with Gasteiger partial charge in [0.05, 0.1) is 34.4 Å². The smallest absolute Gasteiger partial charge is 0.248 e. The monoisotopic (exact) mass is 558 g/mol. The van der Waals surface area contributed by atoms with E-state index in [0.717, 1.165) is 12.2 Å². The van der Waals surface area contributed by atoms with Crippen LogP contribution < -0.4 is 20.1 Å². The van der Waals surface area contributed by atoms with Crippen LogP contribution in [0.4, 0.5) is 17.2 Å². The minimum Gasteiger partial charge on any atom is -0.494 e. The van der Waals surface area contributed by atoms with Crippen molar-refractivity contribution < 1.29 is 14.3 Å². The SMILES string of the molecule is COc1c(NC(=O)/C=C/CN(C)C2CCC2)ccc2ncnc(Nc3ccc(OCc4ccccn4)c(Cl)c3)c12. The van der Waals surface area contributed by atoms with Gasteiger partial charge in [-0.25, -0.2) is 9.97 Å². The third kappa shape index (κ3) is 6.50. The fourth-order valence-electron chi connectivity index (χ4n) is 4.47. The Morgan fingerprint density at radius 1 is 1.15 bits per heavy atom. The number of pyridine rings is 1. The molecule has 1 amide bonds. The van der Waals surface area contributed by atoms with Crippen molar-refractivity contribution in [2.75, 3.05) is 31.3 Å². The summed E-state index contributed by atoms with van der Waals surface area (Å²) in [4.78, 5) is 28.0. The van der Waals surface area contributed by atoms with Crippen molar-refractivity contribution in [2.24, 2.45) is 0 Å². The molecule has 2 aromatic carbocycles. The molecule has 2 N–H and O–H groups in total. The van der Waals surface area contributed by atoms with E-state index in [1.54, 1.807) is 37.6 Å². The van der Waals surface area contributed by atoms with Gasteiger partial charge in [-0.2, -0.15) is 0 Å². The zero-order chi connectivity index (χ0) is 27.9. The number of hydrogen-bond donors (Lipinski definition) is 2. The lowest BCUT2D eigenvalue weighted by Gasteiger charge is -2.33. The molecule has 2 heterocycles. The number of nitrogens with one attached hydrogen (secondary N) is 2. The van der Waals surface area contributed by atoms with Crippen LogP contribution in [0, 0.1) is 0 Å². The van der Waals surface area contributed by atoms with E-state index in [1.165, 1.54) is 25.6 Å². The quantitative estimate of drug-likeness (QED) is 0.216. The molecule has 0 spiro atoms. The molecule has 0 unspecified atom stereocenters. The van der Waals surface area contributed by atoms with Crippen LogP contribution in [-0.2, 0) is 11.4 Å². The van der Waals surface area contributed by atoms with Gasteiger partial charge in [0, 0.05) is 30.5 Å². The van der Waals surface area contributed by atoms with Gasteiger partial charge in [-0.05, 0) is 62.4 Å². The number of carbonyl (C=O) groups excluding carboxylic acids is 1.